The molecule has 9 heteroatoms. The molecule has 2 atom stereocenters. The molecule has 1 N–H and O–H groups in total. The highest BCUT2D eigenvalue weighted by Crippen LogP contribution is 2.25. The number of carbonyl (C=O) groups is 2. The standard InChI is InChI=1S/C25H34ClN3O4S/c1-7-19(4)27-25(31)20(5)28(15-21-9-8-10-22(26)14-21)24(30)16-29(34(6,32)33)23-13-17(2)11-12-18(23)3/h8-14,19-20H,7,15-16H2,1-6H3,(H,27,31)/t19-,20-/m0/s1. The maximum atomic E-state index is 13.6. The lowest BCUT2D eigenvalue weighted by Gasteiger charge is -2.32. The molecule has 0 aliphatic carbocycles. The van der Waals surface area contributed by atoms with E-state index in [0.717, 1.165) is 33.7 Å². The van der Waals surface area contributed by atoms with Crippen molar-refractivity contribution in [3.63, 3.8) is 0 Å². The molecule has 0 aromatic heterocycles. The number of halogens is 1. The van der Waals surface area contributed by atoms with Crippen molar-refractivity contribution in [3.8, 4) is 0 Å². The van der Waals surface area contributed by atoms with Gasteiger partial charge in [0, 0.05) is 17.6 Å². The van der Waals surface area contributed by atoms with E-state index in [9.17, 15) is 18.0 Å². The van der Waals surface area contributed by atoms with E-state index in [2.05, 4.69) is 5.32 Å². The first-order valence-corrected chi connectivity index (χ1v) is 13.4. The summed E-state index contributed by atoms with van der Waals surface area (Å²) in [5, 5.41) is 3.41. The van der Waals surface area contributed by atoms with Crippen LogP contribution in [-0.2, 0) is 26.2 Å². The molecule has 0 aliphatic heterocycles. The van der Waals surface area contributed by atoms with Gasteiger partial charge in [-0.05, 0) is 69.0 Å². The molecule has 186 valence electrons. The summed E-state index contributed by atoms with van der Waals surface area (Å²) < 4.78 is 26.5. The Morgan fingerprint density at radius 3 is 2.35 bits per heavy atom. The van der Waals surface area contributed by atoms with Crippen LogP contribution in [0.2, 0.25) is 5.02 Å². The minimum absolute atomic E-state index is 0.0551. The number of carbonyl (C=O) groups excluding carboxylic acids is 2. The Bertz CT molecular complexity index is 1140. The van der Waals surface area contributed by atoms with Gasteiger partial charge in [-0.25, -0.2) is 8.42 Å². The van der Waals surface area contributed by atoms with Gasteiger partial charge in [0.1, 0.15) is 12.6 Å². The van der Waals surface area contributed by atoms with Crippen molar-refractivity contribution < 1.29 is 18.0 Å². The number of nitrogens with zero attached hydrogens (tertiary/aromatic N) is 2. The minimum atomic E-state index is -3.77. The summed E-state index contributed by atoms with van der Waals surface area (Å²) in [6.45, 7) is 8.83. The molecule has 0 saturated carbocycles. The highest BCUT2D eigenvalue weighted by molar-refractivity contribution is 7.92. The van der Waals surface area contributed by atoms with E-state index in [1.807, 2.05) is 39.0 Å². The lowest BCUT2D eigenvalue weighted by molar-refractivity contribution is -0.139. The SMILES string of the molecule is CC[C@H](C)NC(=O)[C@H](C)N(Cc1cccc(Cl)c1)C(=O)CN(c1cc(C)ccc1C)S(C)(=O)=O. The van der Waals surface area contributed by atoms with Crippen molar-refractivity contribution in [2.24, 2.45) is 0 Å². The van der Waals surface area contributed by atoms with Crippen molar-refractivity contribution in [2.75, 3.05) is 17.1 Å². The third-order valence-corrected chi connectivity index (χ3v) is 7.08. The Balaban J connectivity index is 2.43. The Labute approximate surface area is 208 Å². The van der Waals surface area contributed by atoms with Crippen LogP contribution in [0, 0.1) is 13.8 Å². The van der Waals surface area contributed by atoms with Crippen molar-refractivity contribution in [1.29, 1.82) is 0 Å². The zero-order valence-electron chi connectivity index (χ0n) is 20.6. The van der Waals surface area contributed by atoms with Gasteiger partial charge in [-0.2, -0.15) is 0 Å². The van der Waals surface area contributed by atoms with Crippen LogP contribution < -0.4 is 9.62 Å². The largest absolute Gasteiger partial charge is 0.352 e. The third kappa shape index (κ3) is 7.46. The van der Waals surface area contributed by atoms with Crippen LogP contribution in [0.25, 0.3) is 0 Å². The summed E-state index contributed by atoms with van der Waals surface area (Å²) in [6.07, 6.45) is 1.82. The number of aryl methyl sites for hydroxylation is 2. The van der Waals surface area contributed by atoms with Crippen LogP contribution in [0.3, 0.4) is 0 Å². The number of anilines is 1. The molecule has 0 fully saturated rings. The number of amides is 2. The van der Waals surface area contributed by atoms with Crippen molar-refractivity contribution >= 4 is 39.1 Å². The van der Waals surface area contributed by atoms with Crippen molar-refractivity contribution in [1.82, 2.24) is 10.2 Å². The summed E-state index contributed by atoms with van der Waals surface area (Å²) in [4.78, 5) is 27.9. The zero-order valence-corrected chi connectivity index (χ0v) is 22.2. The van der Waals surface area contributed by atoms with Crippen LogP contribution in [0.15, 0.2) is 42.5 Å². The van der Waals surface area contributed by atoms with Gasteiger partial charge in [-0.3, -0.25) is 13.9 Å². The monoisotopic (exact) mass is 507 g/mol. The smallest absolute Gasteiger partial charge is 0.244 e. The molecule has 2 amide bonds. The molecule has 7 nitrogen and oxygen atoms in total. The first-order chi connectivity index (χ1) is 15.8. The van der Waals surface area contributed by atoms with E-state index in [0.29, 0.717) is 10.7 Å². The topological polar surface area (TPSA) is 86.8 Å². The average molecular weight is 508 g/mol. The predicted molar refractivity (Wildman–Crippen MR) is 137 cm³/mol. The summed E-state index contributed by atoms with van der Waals surface area (Å²) in [5.41, 5.74) is 2.78. The van der Waals surface area contributed by atoms with Crippen molar-refractivity contribution in [2.45, 2.75) is 59.7 Å². The van der Waals surface area contributed by atoms with E-state index in [1.54, 1.807) is 38.1 Å². The number of benzene rings is 2. The molecular weight excluding hydrogens is 474 g/mol. The Morgan fingerprint density at radius 1 is 1.09 bits per heavy atom. The van der Waals surface area contributed by atoms with Gasteiger partial charge >= 0.3 is 0 Å². The molecule has 0 spiro atoms. The molecule has 2 aromatic carbocycles. The lowest BCUT2D eigenvalue weighted by atomic mass is 10.1. The number of nitrogens with one attached hydrogen (secondary N) is 1. The van der Waals surface area contributed by atoms with Gasteiger partial charge in [-0.15, -0.1) is 0 Å². The average Bonchev–Trinajstić information content (AvgIpc) is 2.76. The molecule has 2 rings (SSSR count). The second kappa shape index (κ2) is 11.7. The second-order valence-electron chi connectivity index (χ2n) is 8.70. The van der Waals surface area contributed by atoms with Gasteiger partial charge in [0.2, 0.25) is 21.8 Å². The molecule has 0 aliphatic rings. The second-order valence-corrected chi connectivity index (χ2v) is 11.0. The first kappa shape index (κ1) is 27.7. The van der Waals surface area contributed by atoms with Gasteiger partial charge in [0.25, 0.3) is 0 Å². The maximum Gasteiger partial charge on any atom is 0.244 e. The Kier molecular flexibility index (Phi) is 9.53. The first-order valence-electron chi connectivity index (χ1n) is 11.2. The zero-order chi connectivity index (χ0) is 25.6. The van der Waals surface area contributed by atoms with E-state index >= 15 is 0 Å². The normalized spacial score (nSPS) is 13.1. The van der Waals surface area contributed by atoms with E-state index in [-0.39, 0.29) is 18.5 Å². The molecule has 34 heavy (non-hydrogen) atoms. The molecule has 0 saturated heterocycles. The number of hydrogen-bond acceptors (Lipinski definition) is 4. The van der Waals surface area contributed by atoms with Crippen LogP contribution in [0.1, 0.15) is 43.9 Å². The fourth-order valence-electron chi connectivity index (χ4n) is 3.46. The molecule has 0 heterocycles. The van der Waals surface area contributed by atoms with Gasteiger partial charge in [-0.1, -0.05) is 42.8 Å². The Hall–Kier alpha value is -2.58. The Morgan fingerprint density at radius 2 is 1.76 bits per heavy atom. The van der Waals surface area contributed by atoms with Crippen LogP contribution in [0.5, 0.6) is 0 Å². The van der Waals surface area contributed by atoms with Gasteiger partial charge in [0.15, 0.2) is 0 Å². The lowest BCUT2D eigenvalue weighted by Crippen LogP contribution is -2.52. The van der Waals surface area contributed by atoms with E-state index in [1.165, 1.54) is 4.90 Å². The van der Waals surface area contributed by atoms with Crippen LogP contribution in [-0.4, -0.2) is 50.0 Å². The van der Waals surface area contributed by atoms with Gasteiger partial charge < -0.3 is 10.2 Å². The fourth-order valence-corrected chi connectivity index (χ4v) is 4.57. The summed E-state index contributed by atoms with van der Waals surface area (Å²) in [5.74, 6) is -0.791. The van der Waals surface area contributed by atoms with Gasteiger partial charge in [0.05, 0.1) is 11.9 Å². The van der Waals surface area contributed by atoms with E-state index < -0.39 is 28.5 Å². The van der Waals surface area contributed by atoms with E-state index in [4.69, 9.17) is 11.6 Å². The number of hydrogen-bond donors (Lipinski definition) is 1. The highest BCUT2D eigenvalue weighted by atomic mass is 35.5. The highest BCUT2D eigenvalue weighted by Gasteiger charge is 2.31. The van der Waals surface area contributed by atoms with Crippen LogP contribution in [0.4, 0.5) is 5.69 Å². The quantitative estimate of drug-likeness (QED) is 0.525. The predicted octanol–water partition coefficient (Wildman–Crippen LogP) is 4.05. The molecule has 0 unspecified atom stereocenters. The summed E-state index contributed by atoms with van der Waals surface area (Å²) >= 11 is 6.12. The third-order valence-electron chi connectivity index (χ3n) is 5.72. The van der Waals surface area contributed by atoms with Crippen molar-refractivity contribution in [3.05, 3.63) is 64.2 Å². The molecule has 0 bridgehead atoms. The number of sulfonamides is 1. The summed E-state index contributed by atoms with van der Waals surface area (Å²) in [7, 11) is -3.77. The van der Waals surface area contributed by atoms with Crippen LogP contribution >= 0.6 is 11.6 Å². The maximum absolute atomic E-state index is 13.6. The minimum Gasteiger partial charge on any atom is -0.352 e. The fraction of sp³-hybridized carbons (Fsp3) is 0.440. The number of rotatable bonds is 10. The summed E-state index contributed by atoms with van der Waals surface area (Å²) in [6, 6.07) is 11.6. The molecule has 2 aromatic rings. The molecule has 0 radical (unpaired) electrons. The molecular formula is C25H34ClN3O4S.